The number of methoxy groups -OCH3 is 1. The van der Waals surface area contributed by atoms with Gasteiger partial charge in [-0.3, -0.25) is 9.59 Å². The van der Waals surface area contributed by atoms with Gasteiger partial charge in [0.05, 0.1) is 51.7 Å². The molecule has 0 spiro atoms. The van der Waals surface area contributed by atoms with Gasteiger partial charge in [0.25, 0.3) is 5.91 Å². The molecule has 0 saturated carbocycles. The molecule has 32 heavy (non-hydrogen) atoms. The second kappa shape index (κ2) is 8.47. The maximum Gasteiger partial charge on any atom is 0.295 e. The summed E-state index contributed by atoms with van der Waals surface area (Å²) in [5.74, 6) is -1.31. The zero-order valence-corrected chi connectivity index (χ0v) is 18.6. The van der Waals surface area contributed by atoms with Crippen molar-refractivity contribution in [1.29, 1.82) is 0 Å². The highest BCUT2D eigenvalue weighted by Crippen LogP contribution is 2.39. The van der Waals surface area contributed by atoms with Crippen LogP contribution in [0.3, 0.4) is 0 Å². The summed E-state index contributed by atoms with van der Waals surface area (Å²) in [6, 6.07) is 11.8. The summed E-state index contributed by atoms with van der Waals surface area (Å²) in [6.45, 7) is 2.71. The Hall–Kier alpha value is -3.65. The van der Waals surface area contributed by atoms with E-state index in [1.54, 1.807) is 55.0 Å². The number of ketones is 1. The van der Waals surface area contributed by atoms with E-state index in [1.807, 2.05) is 26.2 Å². The van der Waals surface area contributed by atoms with E-state index in [1.165, 1.54) is 4.90 Å². The Balaban J connectivity index is 1.93. The van der Waals surface area contributed by atoms with Crippen molar-refractivity contribution in [1.82, 2.24) is 14.3 Å². The lowest BCUT2D eigenvalue weighted by Crippen LogP contribution is -3.06. The molecule has 3 aromatic rings. The number of quaternary nitrogens is 1. The molecular formula is C24H26N4O4. The van der Waals surface area contributed by atoms with Crippen molar-refractivity contribution in [2.75, 3.05) is 34.3 Å². The van der Waals surface area contributed by atoms with Crippen LogP contribution < -0.4 is 14.7 Å². The molecule has 0 bridgehead atoms. The van der Waals surface area contributed by atoms with Gasteiger partial charge in [-0.25, -0.2) is 4.98 Å². The van der Waals surface area contributed by atoms with Crippen LogP contribution in [0.5, 0.6) is 5.75 Å². The van der Waals surface area contributed by atoms with E-state index in [2.05, 4.69) is 4.98 Å². The number of hydrogen-bond donors (Lipinski definition) is 1. The predicted molar refractivity (Wildman–Crippen MR) is 117 cm³/mol. The van der Waals surface area contributed by atoms with Crippen LogP contribution in [-0.2, 0) is 9.59 Å². The number of likely N-dealkylation sites (tertiary alicyclic amines) is 1. The molecule has 3 heterocycles. The summed E-state index contributed by atoms with van der Waals surface area (Å²) in [5, 5.41) is 13.8. The second-order valence-corrected chi connectivity index (χ2v) is 8.18. The fraction of sp³-hybridized carbons (Fsp3) is 0.292. The van der Waals surface area contributed by atoms with E-state index >= 15 is 0 Å². The summed E-state index contributed by atoms with van der Waals surface area (Å²) < 4.78 is 7.01. The van der Waals surface area contributed by atoms with Crippen molar-refractivity contribution < 1.29 is 24.3 Å². The first kappa shape index (κ1) is 21.6. The number of carbonyl (C=O) groups is 2. The topological polar surface area (TPSA) is 91.4 Å². The second-order valence-electron chi connectivity index (χ2n) is 8.18. The lowest BCUT2D eigenvalue weighted by molar-refractivity contribution is -0.857. The fourth-order valence-corrected chi connectivity index (χ4v) is 4.12. The molecule has 4 rings (SSSR count). The Morgan fingerprint density at radius 1 is 1.19 bits per heavy atom. The number of aromatic nitrogens is 2. The number of aryl methyl sites for hydroxylation is 1. The summed E-state index contributed by atoms with van der Waals surface area (Å²) in [5.41, 5.74) is 2.02. The third-order valence-electron chi connectivity index (χ3n) is 5.71. The van der Waals surface area contributed by atoms with Gasteiger partial charge in [0.2, 0.25) is 5.78 Å². The maximum absolute atomic E-state index is 13.8. The van der Waals surface area contributed by atoms with Gasteiger partial charge in [0.1, 0.15) is 11.4 Å². The van der Waals surface area contributed by atoms with Gasteiger partial charge < -0.3 is 24.0 Å². The SMILES string of the molecule is COc1cccc(C2/C(=C(\[O-])c3c(C)nc4ccccn34)C(=O)C(=O)N2CC[NH+](C)C)c1. The molecule has 1 fully saturated rings. The first-order valence-electron chi connectivity index (χ1n) is 10.5. The highest BCUT2D eigenvalue weighted by molar-refractivity contribution is 6.46. The van der Waals surface area contributed by atoms with Crippen LogP contribution in [0.2, 0.25) is 0 Å². The van der Waals surface area contributed by atoms with Crippen LogP contribution in [0, 0.1) is 6.92 Å². The van der Waals surface area contributed by atoms with Crippen LogP contribution >= 0.6 is 0 Å². The van der Waals surface area contributed by atoms with Gasteiger partial charge in [-0.05, 0) is 36.8 Å². The molecule has 1 saturated heterocycles. The highest BCUT2D eigenvalue weighted by atomic mass is 16.5. The standard InChI is InChI=1S/C24H26N4O4/c1-15-20(27-11-6-5-10-18(27)25-15)22(29)19-21(16-8-7-9-17(14-16)32-4)28(13-12-26(2)3)24(31)23(19)30/h5-11,14,21,29H,12-13H2,1-4H3/b22-19+. The Morgan fingerprint density at radius 3 is 2.69 bits per heavy atom. The molecule has 0 radical (unpaired) electrons. The molecule has 1 atom stereocenters. The number of pyridine rings is 1. The number of benzene rings is 1. The Morgan fingerprint density at radius 2 is 1.97 bits per heavy atom. The number of imidazole rings is 1. The van der Waals surface area contributed by atoms with Crippen molar-refractivity contribution in [3.63, 3.8) is 0 Å². The zero-order chi connectivity index (χ0) is 23.0. The summed E-state index contributed by atoms with van der Waals surface area (Å²) in [6.07, 6.45) is 1.73. The first-order chi connectivity index (χ1) is 15.3. The largest absolute Gasteiger partial charge is 0.871 e. The third kappa shape index (κ3) is 3.62. The number of ether oxygens (including phenoxy) is 1. The van der Waals surface area contributed by atoms with Gasteiger partial charge >= 0.3 is 0 Å². The van der Waals surface area contributed by atoms with Crippen LogP contribution in [0.25, 0.3) is 11.4 Å². The number of amides is 1. The van der Waals surface area contributed by atoms with Gasteiger partial charge in [0.15, 0.2) is 0 Å². The third-order valence-corrected chi connectivity index (χ3v) is 5.71. The van der Waals surface area contributed by atoms with Crippen LogP contribution in [0.15, 0.2) is 54.2 Å². The number of hydrogen-bond acceptors (Lipinski definition) is 5. The number of likely N-dealkylation sites (N-methyl/N-ethyl adjacent to an activating group) is 1. The van der Waals surface area contributed by atoms with E-state index in [0.717, 1.165) is 4.90 Å². The predicted octanol–water partition coefficient (Wildman–Crippen LogP) is 0.0198. The normalized spacial score (nSPS) is 18.2. The Labute approximate surface area is 186 Å². The Kier molecular flexibility index (Phi) is 5.71. The number of rotatable bonds is 6. The molecule has 8 heteroatoms. The number of carbonyl (C=O) groups excluding carboxylic acids is 2. The van der Waals surface area contributed by atoms with Gasteiger partial charge in [-0.15, -0.1) is 0 Å². The zero-order valence-electron chi connectivity index (χ0n) is 18.6. The molecule has 0 aliphatic carbocycles. The molecule has 1 aliphatic rings. The highest BCUT2D eigenvalue weighted by Gasteiger charge is 2.44. The summed E-state index contributed by atoms with van der Waals surface area (Å²) in [4.78, 5) is 33.3. The molecule has 1 N–H and O–H groups in total. The molecule has 1 amide bonds. The average Bonchev–Trinajstić information content (AvgIpc) is 3.25. The van der Waals surface area contributed by atoms with E-state index in [9.17, 15) is 14.7 Å². The van der Waals surface area contributed by atoms with Crippen LogP contribution in [-0.4, -0.2) is 60.3 Å². The van der Waals surface area contributed by atoms with E-state index < -0.39 is 23.5 Å². The van der Waals surface area contributed by atoms with Crippen LogP contribution in [0.1, 0.15) is 23.0 Å². The molecule has 2 aromatic heterocycles. The molecule has 1 unspecified atom stereocenters. The molecule has 8 nitrogen and oxygen atoms in total. The van der Waals surface area contributed by atoms with Crippen molar-refractivity contribution in [2.24, 2.45) is 0 Å². The molecular weight excluding hydrogens is 408 g/mol. The lowest BCUT2D eigenvalue weighted by atomic mass is 9.96. The number of nitrogens with one attached hydrogen (secondary N) is 1. The first-order valence-corrected chi connectivity index (χ1v) is 10.5. The van der Waals surface area contributed by atoms with Gasteiger partial charge in [-0.1, -0.05) is 24.0 Å². The van der Waals surface area contributed by atoms with E-state index in [4.69, 9.17) is 4.74 Å². The lowest BCUT2D eigenvalue weighted by Gasteiger charge is -2.28. The smallest absolute Gasteiger partial charge is 0.295 e. The summed E-state index contributed by atoms with van der Waals surface area (Å²) in [7, 11) is 5.50. The van der Waals surface area contributed by atoms with E-state index in [0.29, 0.717) is 41.4 Å². The molecule has 1 aromatic carbocycles. The van der Waals surface area contributed by atoms with Gasteiger partial charge in [-0.2, -0.15) is 0 Å². The van der Waals surface area contributed by atoms with Crippen molar-refractivity contribution >= 4 is 23.1 Å². The minimum atomic E-state index is -0.786. The fourth-order valence-electron chi connectivity index (χ4n) is 4.12. The number of Topliss-reactive ketones (excluding diaryl/α,β-unsaturated/α-hetero) is 1. The Bertz CT molecular complexity index is 1230. The van der Waals surface area contributed by atoms with Crippen LogP contribution in [0.4, 0.5) is 0 Å². The maximum atomic E-state index is 13.8. The summed E-state index contributed by atoms with van der Waals surface area (Å²) >= 11 is 0. The average molecular weight is 434 g/mol. The monoisotopic (exact) mass is 434 g/mol. The number of nitrogens with zero attached hydrogens (tertiary/aromatic N) is 3. The van der Waals surface area contributed by atoms with Crippen molar-refractivity contribution in [2.45, 2.75) is 13.0 Å². The number of fused-ring (bicyclic) bond motifs is 1. The van der Waals surface area contributed by atoms with Crippen molar-refractivity contribution in [3.05, 3.63) is 71.2 Å². The van der Waals surface area contributed by atoms with Gasteiger partial charge in [0, 0.05) is 11.8 Å². The minimum Gasteiger partial charge on any atom is -0.871 e. The molecule has 166 valence electrons. The molecule has 1 aliphatic heterocycles. The quantitative estimate of drug-likeness (QED) is 0.336. The van der Waals surface area contributed by atoms with E-state index in [-0.39, 0.29) is 5.57 Å². The van der Waals surface area contributed by atoms with Crippen molar-refractivity contribution in [3.8, 4) is 5.75 Å². The minimum absolute atomic E-state index is 0.0502.